The topological polar surface area (TPSA) is 26.3 Å². The van der Waals surface area contributed by atoms with Gasteiger partial charge in [0.25, 0.3) is 0 Å². The van der Waals surface area contributed by atoms with Crippen LogP contribution in [0.5, 0.6) is 0 Å². The number of carbonyl (C=O) groups is 1. The summed E-state index contributed by atoms with van der Waals surface area (Å²) >= 11 is 0.0551. The van der Waals surface area contributed by atoms with E-state index in [2.05, 4.69) is 3.07 Å². The van der Waals surface area contributed by atoms with Crippen molar-refractivity contribution in [3.8, 4) is 0 Å². The van der Waals surface area contributed by atoms with Crippen LogP contribution >= 0.6 is 23.0 Å². The average molecular weight is 540 g/mol. The maximum absolute atomic E-state index is 13.0. The second-order valence-corrected chi connectivity index (χ2v) is 4.75. The second-order valence-electron chi connectivity index (χ2n) is 4.31. The molecule has 0 saturated carbocycles. The van der Waals surface area contributed by atoms with Crippen molar-refractivity contribution in [3.63, 3.8) is 0 Å². The Morgan fingerprint density at radius 2 is 0.808 bits per heavy atom. The first-order chi connectivity index (χ1) is 11.0. The van der Waals surface area contributed by atoms with Crippen molar-refractivity contribution in [1.29, 1.82) is 0 Å². The van der Waals surface area contributed by atoms with Gasteiger partial charge in [-0.05, 0) is 0 Å². The third kappa shape index (κ3) is 3.04. The molecule has 0 spiro atoms. The van der Waals surface area contributed by atoms with Gasteiger partial charge in [-0.25, -0.2) is 4.79 Å². The van der Waals surface area contributed by atoms with Crippen molar-refractivity contribution in [1.82, 2.24) is 0 Å². The molecule has 18 heteroatoms. The fourth-order valence-corrected chi connectivity index (χ4v) is 1.42. The molecule has 0 saturated heterocycles. The summed E-state index contributed by atoms with van der Waals surface area (Å²) in [5.74, 6) is -51.7. The van der Waals surface area contributed by atoms with Crippen LogP contribution in [0.25, 0.3) is 0 Å². The molecular weight excluding hydrogens is 540 g/mol. The minimum atomic E-state index is -8.42. The molecule has 156 valence electrons. The SMILES string of the molecule is O=C(OI)C(F)(F)C(F)(F)C(F)(F)C(F)(F)C(F)(F)C(F)(F)C(F)(F)F. The molecule has 0 radical (unpaired) electrons. The van der Waals surface area contributed by atoms with Crippen molar-refractivity contribution in [2.75, 3.05) is 0 Å². The summed E-state index contributed by atoms with van der Waals surface area (Å²) < 4.78 is 192. The Bertz CT molecular complexity index is 550. The number of alkyl halides is 15. The Morgan fingerprint density at radius 1 is 0.538 bits per heavy atom. The van der Waals surface area contributed by atoms with Gasteiger partial charge in [0.2, 0.25) is 0 Å². The predicted octanol–water partition coefficient (Wildman–Crippen LogP) is 5.25. The van der Waals surface area contributed by atoms with Crippen molar-refractivity contribution in [2.24, 2.45) is 0 Å². The molecule has 2 nitrogen and oxygen atoms in total. The first kappa shape index (κ1) is 25.1. The third-order valence-corrected chi connectivity index (χ3v) is 3.05. The van der Waals surface area contributed by atoms with Gasteiger partial charge in [-0.2, -0.15) is 65.9 Å². The smallest absolute Gasteiger partial charge is 0.390 e. The Morgan fingerprint density at radius 3 is 1.08 bits per heavy atom. The van der Waals surface area contributed by atoms with E-state index in [0.29, 0.717) is 0 Å². The minimum absolute atomic E-state index is 0.0551. The molecule has 0 aliphatic heterocycles. The molecule has 0 rings (SSSR count). The number of hydrogen-bond donors (Lipinski definition) is 0. The summed E-state index contributed by atoms with van der Waals surface area (Å²) in [5, 5.41) is 0. The lowest BCUT2D eigenvalue weighted by molar-refractivity contribution is -0.450. The largest absolute Gasteiger partial charge is 0.460 e. The number of carbonyl (C=O) groups excluding carboxylic acids is 1. The average Bonchev–Trinajstić information content (AvgIpc) is 2.43. The Kier molecular flexibility index (Phi) is 6.14. The zero-order valence-electron chi connectivity index (χ0n) is 10.9. The lowest BCUT2D eigenvalue weighted by Gasteiger charge is -2.40. The van der Waals surface area contributed by atoms with Crippen LogP contribution in [0.2, 0.25) is 0 Å². The molecule has 0 heterocycles. The van der Waals surface area contributed by atoms with E-state index in [4.69, 9.17) is 0 Å². The summed E-state index contributed by atoms with van der Waals surface area (Å²) in [6.45, 7) is 0. The van der Waals surface area contributed by atoms with Gasteiger partial charge < -0.3 is 3.07 Å². The Balaban J connectivity index is 6.56. The number of hydrogen-bond acceptors (Lipinski definition) is 2. The molecule has 26 heavy (non-hydrogen) atoms. The third-order valence-electron chi connectivity index (χ3n) is 2.65. The van der Waals surface area contributed by atoms with E-state index in [1.165, 1.54) is 0 Å². The van der Waals surface area contributed by atoms with E-state index < -0.39 is 47.7 Å². The van der Waals surface area contributed by atoms with Crippen LogP contribution in [0.1, 0.15) is 0 Å². The van der Waals surface area contributed by atoms with Crippen molar-refractivity contribution < 1.29 is 73.7 Å². The lowest BCUT2D eigenvalue weighted by Crippen LogP contribution is -2.73. The van der Waals surface area contributed by atoms with E-state index in [1.807, 2.05) is 0 Å². The van der Waals surface area contributed by atoms with Gasteiger partial charge in [0.05, 0.1) is 0 Å². The van der Waals surface area contributed by atoms with E-state index in [9.17, 15) is 70.7 Å². The van der Waals surface area contributed by atoms with Crippen molar-refractivity contribution >= 4 is 29.0 Å². The molecule has 0 unspecified atom stereocenters. The Labute approximate surface area is 145 Å². The monoisotopic (exact) mass is 540 g/mol. The summed E-state index contributed by atoms with van der Waals surface area (Å²) in [7, 11) is 0. The number of rotatable bonds is 6. The highest BCUT2D eigenvalue weighted by Gasteiger charge is 2.94. The van der Waals surface area contributed by atoms with E-state index in [-0.39, 0.29) is 23.0 Å². The van der Waals surface area contributed by atoms with Crippen LogP contribution in [0.15, 0.2) is 0 Å². The first-order valence-corrected chi connectivity index (χ1v) is 6.03. The normalized spacial score (nSPS) is 15.8. The van der Waals surface area contributed by atoms with Crippen LogP contribution in [-0.2, 0) is 7.86 Å². The highest BCUT2D eigenvalue weighted by Crippen LogP contribution is 2.62. The highest BCUT2D eigenvalue weighted by molar-refractivity contribution is 14.1. The van der Waals surface area contributed by atoms with E-state index in [0.717, 1.165) is 0 Å². The van der Waals surface area contributed by atoms with Crippen LogP contribution in [-0.4, -0.2) is 47.7 Å². The minimum Gasteiger partial charge on any atom is -0.390 e. The second kappa shape index (κ2) is 6.35. The molecular formula is C8F15IO2. The van der Waals surface area contributed by atoms with Gasteiger partial charge >= 0.3 is 47.7 Å². The molecule has 0 N–H and O–H groups in total. The quantitative estimate of drug-likeness (QED) is 0.340. The van der Waals surface area contributed by atoms with Crippen LogP contribution in [0, 0.1) is 0 Å². The molecule has 0 aliphatic carbocycles. The summed E-state index contributed by atoms with van der Waals surface area (Å²) in [6.07, 6.45) is -7.67. The van der Waals surface area contributed by atoms with Crippen molar-refractivity contribution in [2.45, 2.75) is 41.7 Å². The van der Waals surface area contributed by atoms with Gasteiger partial charge in [0.1, 0.15) is 0 Å². The Hall–Kier alpha value is -0.850. The van der Waals surface area contributed by atoms with Gasteiger partial charge in [-0.1, -0.05) is 0 Å². The van der Waals surface area contributed by atoms with Gasteiger partial charge in [-0.3, -0.25) is 0 Å². The van der Waals surface area contributed by atoms with Crippen LogP contribution in [0.3, 0.4) is 0 Å². The van der Waals surface area contributed by atoms with Crippen LogP contribution in [0.4, 0.5) is 65.9 Å². The highest BCUT2D eigenvalue weighted by atomic mass is 127. The molecule has 0 bridgehead atoms. The van der Waals surface area contributed by atoms with Crippen LogP contribution < -0.4 is 0 Å². The molecule has 0 aromatic heterocycles. The van der Waals surface area contributed by atoms with Gasteiger partial charge in [-0.15, -0.1) is 0 Å². The number of halogens is 16. The maximum atomic E-state index is 13.0. The summed E-state index contributed by atoms with van der Waals surface area (Å²) in [4.78, 5) is 10.3. The van der Waals surface area contributed by atoms with Gasteiger partial charge in [0.15, 0.2) is 23.0 Å². The predicted molar refractivity (Wildman–Crippen MR) is 55.8 cm³/mol. The summed E-state index contributed by atoms with van der Waals surface area (Å²) in [6, 6.07) is 0. The fraction of sp³-hybridized carbons (Fsp3) is 0.875. The molecule has 0 aromatic rings. The molecule has 0 fully saturated rings. The standard InChI is InChI=1S/C8F15IO2/c9-2(10,1(25)26-24)3(11,12)4(13,14)5(15,16)6(17,18)7(19,20)8(21,22)23. The van der Waals surface area contributed by atoms with Gasteiger partial charge in [0, 0.05) is 0 Å². The van der Waals surface area contributed by atoms with Crippen molar-refractivity contribution in [3.05, 3.63) is 0 Å². The molecule has 0 aromatic carbocycles. The summed E-state index contributed by atoms with van der Waals surface area (Å²) in [5.41, 5.74) is 0. The zero-order chi connectivity index (χ0) is 21.8. The van der Waals surface area contributed by atoms with E-state index in [1.54, 1.807) is 0 Å². The lowest BCUT2D eigenvalue weighted by atomic mass is 9.91. The molecule has 0 amide bonds. The molecule has 0 aliphatic rings. The maximum Gasteiger partial charge on any atom is 0.460 e. The van der Waals surface area contributed by atoms with E-state index >= 15 is 0 Å². The first-order valence-electron chi connectivity index (χ1n) is 5.15. The fourth-order valence-electron chi connectivity index (χ4n) is 1.14. The molecule has 0 atom stereocenters. The zero-order valence-corrected chi connectivity index (χ0v) is 13.0.